The van der Waals surface area contributed by atoms with Crippen LogP contribution in [0, 0.1) is 5.92 Å². The van der Waals surface area contributed by atoms with Crippen LogP contribution in [-0.2, 0) is 6.42 Å². The molecular weight excluding hydrogens is 234 g/mol. The maximum Gasteiger partial charge on any atom is 0.119 e. The number of rotatable bonds is 4. The third kappa shape index (κ3) is 3.11. The summed E-state index contributed by atoms with van der Waals surface area (Å²) < 4.78 is 0. The fourth-order valence-electron chi connectivity index (χ4n) is 3.38. The number of phenolic OH excluding ortho intramolecular Hbond substituents is 1. The maximum atomic E-state index is 10.0. The van der Waals surface area contributed by atoms with Gasteiger partial charge in [0.05, 0.1) is 0 Å². The van der Waals surface area contributed by atoms with E-state index in [1.807, 2.05) is 12.1 Å². The Balaban J connectivity index is 2.21. The number of hydrogen-bond donors (Lipinski definition) is 1. The third-order valence-corrected chi connectivity index (χ3v) is 4.45. The molecule has 0 heterocycles. The first kappa shape index (κ1) is 14.4. The molecule has 0 aromatic heterocycles. The molecule has 0 radical (unpaired) electrons. The Kier molecular flexibility index (Phi) is 4.51. The first-order valence-electron chi connectivity index (χ1n) is 7.53. The fraction of sp³-hybridized carbons (Fsp3) is 0.647. The van der Waals surface area contributed by atoms with Gasteiger partial charge in [-0.05, 0) is 62.8 Å². The summed E-state index contributed by atoms with van der Waals surface area (Å²) in [5, 5.41) is 10.0. The van der Waals surface area contributed by atoms with Crippen LogP contribution in [0.4, 0.5) is 0 Å². The molecule has 2 nitrogen and oxygen atoms in total. The van der Waals surface area contributed by atoms with E-state index in [0.717, 1.165) is 12.3 Å². The van der Waals surface area contributed by atoms with Crippen LogP contribution in [0.3, 0.4) is 0 Å². The zero-order valence-electron chi connectivity index (χ0n) is 12.7. The molecule has 19 heavy (non-hydrogen) atoms. The average molecular weight is 261 g/mol. The monoisotopic (exact) mass is 261 g/mol. The van der Waals surface area contributed by atoms with Crippen LogP contribution in [0.1, 0.15) is 57.2 Å². The van der Waals surface area contributed by atoms with E-state index in [2.05, 4.69) is 38.8 Å². The van der Waals surface area contributed by atoms with Crippen LogP contribution in [0.25, 0.3) is 0 Å². The van der Waals surface area contributed by atoms with E-state index < -0.39 is 0 Å². The number of nitrogens with zero attached hydrogens (tertiary/aromatic N) is 1. The van der Waals surface area contributed by atoms with Crippen molar-refractivity contribution in [2.75, 3.05) is 7.05 Å². The lowest BCUT2D eigenvalue weighted by molar-refractivity contribution is 0.149. The normalized spacial score (nSPS) is 20.6. The zero-order valence-corrected chi connectivity index (χ0v) is 12.7. The van der Waals surface area contributed by atoms with Gasteiger partial charge in [-0.2, -0.15) is 0 Å². The lowest BCUT2D eigenvalue weighted by Gasteiger charge is -2.37. The second-order valence-corrected chi connectivity index (χ2v) is 6.40. The lowest BCUT2D eigenvalue weighted by Crippen LogP contribution is -2.35. The largest absolute Gasteiger partial charge is 0.508 e. The number of phenols is 1. The molecule has 0 saturated carbocycles. The number of fused-ring (bicyclic) bond motifs is 1. The minimum absolute atomic E-state index is 0.463. The molecule has 0 fully saturated rings. The molecule has 2 rings (SSSR count). The van der Waals surface area contributed by atoms with Crippen molar-refractivity contribution in [1.82, 2.24) is 4.90 Å². The molecule has 0 saturated heterocycles. The SMILES string of the molecule is CC(C)CC(C)N(C)C1CCCc2c(O)cccc21. The van der Waals surface area contributed by atoms with Crippen LogP contribution < -0.4 is 0 Å². The summed E-state index contributed by atoms with van der Waals surface area (Å²) in [4.78, 5) is 2.50. The Morgan fingerprint density at radius 3 is 2.74 bits per heavy atom. The smallest absolute Gasteiger partial charge is 0.119 e. The summed E-state index contributed by atoms with van der Waals surface area (Å²) >= 11 is 0. The number of hydrogen-bond acceptors (Lipinski definition) is 2. The molecule has 106 valence electrons. The van der Waals surface area contributed by atoms with Gasteiger partial charge in [-0.3, -0.25) is 4.90 Å². The molecule has 1 aromatic rings. The Hall–Kier alpha value is -1.02. The van der Waals surface area contributed by atoms with Gasteiger partial charge >= 0.3 is 0 Å². The number of benzene rings is 1. The molecule has 0 amide bonds. The maximum absolute atomic E-state index is 10.0. The van der Waals surface area contributed by atoms with E-state index in [0.29, 0.717) is 17.8 Å². The molecule has 0 spiro atoms. The summed E-state index contributed by atoms with van der Waals surface area (Å²) in [5.74, 6) is 1.21. The van der Waals surface area contributed by atoms with Gasteiger partial charge in [-0.15, -0.1) is 0 Å². The van der Waals surface area contributed by atoms with Gasteiger partial charge in [0.1, 0.15) is 5.75 Å². The molecule has 2 heteroatoms. The first-order valence-corrected chi connectivity index (χ1v) is 7.53. The predicted octanol–water partition coefficient (Wildman–Crippen LogP) is 4.14. The van der Waals surface area contributed by atoms with Crippen LogP contribution >= 0.6 is 0 Å². The van der Waals surface area contributed by atoms with Crippen molar-refractivity contribution in [3.8, 4) is 5.75 Å². The summed E-state index contributed by atoms with van der Waals surface area (Å²) in [6.45, 7) is 6.88. The molecule has 2 atom stereocenters. The van der Waals surface area contributed by atoms with Crippen LogP contribution in [-0.4, -0.2) is 23.1 Å². The first-order chi connectivity index (χ1) is 9.00. The van der Waals surface area contributed by atoms with Gasteiger partial charge in [0.2, 0.25) is 0 Å². The van der Waals surface area contributed by atoms with Gasteiger partial charge in [0.25, 0.3) is 0 Å². The highest BCUT2D eigenvalue weighted by molar-refractivity contribution is 5.42. The number of aromatic hydroxyl groups is 1. The van der Waals surface area contributed by atoms with Crippen LogP contribution in [0.15, 0.2) is 18.2 Å². The molecule has 1 N–H and O–H groups in total. The summed E-state index contributed by atoms with van der Waals surface area (Å²) in [7, 11) is 2.23. The minimum atomic E-state index is 0.463. The third-order valence-electron chi connectivity index (χ3n) is 4.45. The van der Waals surface area contributed by atoms with E-state index in [1.165, 1.54) is 30.4 Å². The zero-order chi connectivity index (χ0) is 14.0. The highest BCUT2D eigenvalue weighted by Crippen LogP contribution is 2.38. The molecular formula is C17H27NO. The fourth-order valence-corrected chi connectivity index (χ4v) is 3.38. The second kappa shape index (κ2) is 5.96. The highest BCUT2D eigenvalue weighted by Gasteiger charge is 2.27. The summed E-state index contributed by atoms with van der Waals surface area (Å²) in [6.07, 6.45) is 4.62. The molecule has 0 bridgehead atoms. The van der Waals surface area contributed by atoms with E-state index in [9.17, 15) is 5.11 Å². The van der Waals surface area contributed by atoms with Crippen molar-refractivity contribution in [2.24, 2.45) is 5.92 Å². The Bertz CT molecular complexity index is 427. The van der Waals surface area contributed by atoms with Gasteiger partial charge in [0.15, 0.2) is 0 Å². The Morgan fingerprint density at radius 2 is 2.05 bits per heavy atom. The highest BCUT2D eigenvalue weighted by atomic mass is 16.3. The quantitative estimate of drug-likeness (QED) is 0.880. The summed E-state index contributed by atoms with van der Waals surface area (Å²) in [5.41, 5.74) is 2.51. The van der Waals surface area contributed by atoms with E-state index in [4.69, 9.17) is 0 Å². The van der Waals surface area contributed by atoms with Gasteiger partial charge in [-0.25, -0.2) is 0 Å². The predicted molar refractivity (Wildman–Crippen MR) is 80.5 cm³/mol. The van der Waals surface area contributed by atoms with Crippen molar-refractivity contribution in [3.05, 3.63) is 29.3 Å². The van der Waals surface area contributed by atoms with Crippen LogP contribution in [0.5, 0.6) is 5.75 Å². The topological polar surface area (TPSA) is 23.5 Å². The van der Waals surface area contributed by atoms with Gasteiger partial charge < -0.3 is 5.11 Å². The lowest BCUT2D eigenvalue weighted by atomic mass is 9.85. The Morgan fingerprint density at radius 1 is 1.32 bits per heavy atom. The summed E-state index contributed by atoms with van der Waals surface area (Å²) in [6, 6.07) is 7.03. The van der Waals surface area contributed by atoms with Crippen molar-refractivity contribution >= 4 is 0 Å². The van der Waals surface area contributed by atoms with E-state index in [1.54, 1.807) is 0 Å². The van der Waals surface area contributed by atoms with Crippen molar-refractivity contribution in [1.29, 1.82) is 0 Å². The van der Waals surface area contributed by atoms with Crippen molar-refractivity contribution < 1.29 is 5.11 Å². The Labute approximate surface area is 117 Å². The average Bonchev–Trinajstić information content (AvgIpc) is 2.37. The van der Waals surface area contributed by atoms with Gasteiger partial charge in [0, 0.05) is 12.1 Å². The second-order valence-electron chi connectivity index (χ2n) is 6.40. The molecule has 1 aliphatic rings. The standard InChI is InChI=1S/C17H27NO/c1-12(2)11-13(3)18(4)16-9-5-8-15-14(16)7-6-10-17(15)19/h6-7,10,12-13,16,19H,5,8-9,11H2,1-4H3. The molecule has 0 aliphatic heterocycles. The minimum Gasteiger partial charge on any atom is -0.508 e. The molecule has 2 unspecified atom stereocenters. The van der Waals surface area contributed by atoms with E-state index >= 15 is 0 Å². The molecule has 1 aromatic carbocycles. The van der Waals surface area contributed by atoms with E-state index in [-0.39, 0.29) is 0 Å². The van der Waals surface area contributed by atoms with Crippen molar-refractivity contribution in [2.45, 2.75) is 58.5 Å². The van der Waals surface area contributed by atoms with Gasteiger partial charge in [-0.1, -0.05) is 26.0 Å². The van der Waals surface area contributed by atoms with Crippen molar-refractivity contribution in [3.63, 3.8) is 0 Å². The molecule has 1 aliphatic carbocycles. The van der Waals surface area contributed by atoms with Crippen LogP contribution in [0.2, 0.25) is 0 Å².